The summed E-state index contributed by atoms with van der Waals surface area (Å²) in [6.45, 7) is 6.10. The van der Waals surface area contributed by atoms with E-state index in [9.17, 15) is 14.4 Å². The zero-order chi connectivity index (χ0) is 21.4. The topological polar surface area (TPSA) is 106 Å². The van der Waals surface area contributed by atoms with Crippen molar-refractivity contribution in [2.45, 2.75) is 58.8 Å². The summed E-state index contributed by atoms with van der Waals surface area (Å²) in [6, 6.07) is 3.61. The number of amides is 2. The third-order valence-electron chi connectivity index (χ3n) is 5.70. The Bertz CT molecular complexity index is 985. The van der Waals surface area contributed by atoms with Gasteiger partial charge in [-0.2, -0.15) is 5.10 Å². The number of carbonyl (C=O) groups is 3. The third kappa shape index (κ3) is 4.01. The molecule has 30 heavy (non-hydrogen) atoms. The number of rotatable bonds is 7. The van der Waals surface area contributed by atoms with Crippen molar-refractivity contribution in [3.8, 4) is 0 Å². The van der Waals surface area contributed by atoms with E-state index in [2.05, 4.69) is 29.2 Å². The monoisotopic (exact) mass is 413 g/mol. The molecule has 1 saturated carbocycles. The van der Waals surface area contributed by atoms with Gasteiger partial charge in [0.15, 0.2) is 17.7 Å². The van der Waals surface area contributed by atoms with Crippen molar-refractivity contribution in [3.05, 3.63) is 24.0 Å². The number of likely N-dealkylation sites (tertiary alicyclic amines) is 1. The van der Waals surface area contributed by atoms with Crippen LogP contribution in [0.2, 0.25) is 0 Å². The minimum absolute atomic E-state index is 0.0567. The molecule has 2 amide bonds. The summed E-state index contributed by atoms with van der Waals surface area (Å²) < 4.78 is 7.01. The molecule has 3 heterocycles. The first-order valence-electron chi connectivity index (χ1n) is 10.4. The molecule has 3 atom stereocenters. The lowest BCUT2D eigenvalue weighted by molar-refractivity contribution is -0.140. The number of hydrogen-bond acceptors (Lipinski definition) is 6. The van der Waals surface area contributed by atoms with Crippen molar-refractivity contribution in [3.63, 3.8) is 0 Å². The van der Waals surface area contributed by atoms with Gasteiger partial charge in [-0.05, 0) is 36.8 Å². The maximum Gasteiger partial charge on any atom is 0.409 e. The number of alkyl carbamates (subject to hydrolysis) is 1. The molecule has 0 unspecified atom stereocenters. The smallest absolute Gasteiger partial charge is 0.409 e. The fourth-order valence-electron chi connectivity index (χ4n) is 4.08. The van der Waals surface area contributed by atoms with Gasteiger partial charge < -0.3 is 15.0 Å². The van der Waals surface area contributed by atoms with E-state index in [1.165, 1.54) is 11.6 Å². The normalized spacial score (nSPS) is 22.3. The Balaban J connectivity index is 1.45. The van der Waals surface area contributed by atoms with Crippen LogP contribution >= 0.6 is 0 Å². The average Bonchev–Trinajstić information content (AvgIpc) is 3.19. The van der Waals surface area contributed by atoms with E-state index in [0.29, 0.717) is 41.5 Å². The van der Waals surface area contributed by atoms with Gasteiger partial charge in [0, 0.05) is 32.1 Å². The fraction of sp³-hybridized carbons (Fsp3) is 0.571. The van der Waals surface area contributed by atoms with Gasteiger partial charge in [0.25, 0.3) is 0 Å². The van der Waals surface area contributed by atoms with E-state index >= 15 is 0 Å². The molecule has 9 nitrogen and oxygen atoms in total. The van der Waals surface area contributed by atoms with Gasteiger partial charge in [0.1, 0.15) is 12.2 Å². The van der Waals surface area contributed by atoms with Crippen LogP contribution in [0.15, 0.2) is 18.3 Å². The number of fused-ring (bicyclic) bond motifs is 2. The summed E-state index contributed by atoms with van der Waals surface area (Å²) in [5, 5.41) is 7.70. The van der Waals surface area contributed by atoms with Crippen molar-refractivity contribution >= 4 is 28.8 Å². The first kappa shape index (κ1) is 20.3. The summed E-state index contributed by atoms with van der Waals surface area (Å²) in [6.07, 6.45) is 3.00. The van der Waals surface area contributed by atoms with Gasteiger partial charge in [-0.15, -0.1) is 0 Å². The molecule has 2 fully saturated rings. The lowest BCUT2D eigenvalue weighted by Crippen LogP contribution is -2.44. The second-order valence-electron chi connectivity index (χ2n) is 8.51. The molecule has 2 aliphatic rings. The summed E-state index contributed by atoms with van der Waals surface area (Å²) >= 11 is 0. The summed E-state index contributed by atoms with van der Waals surface area (Å²) in [7, 11) is 0. The average molecular weight is 413 g/mol. The summed E-state index contributed by atoms with van der Waals surface area (Å²) in [5.74, 6) is 0.495. The van der Waals surface area contributed by atoms with Crippen molar-refractivity contribution in [1.29, 1.82) is 0 Å². The van der Waals surface area contributed by atoms with Gasteiger partial charge in [0.2, 0.25) is 5.91 Å². The number of hydrogen-bond donors (Lipinski definition) is 1. The highest BCUT2D eigenvalue weighted by atomic mass is 16.6. The number of ether oxygens (including phenoxy) is 1. The van der Waals surface area contributed by atoms with Crippen LogP contribution in [0.3, 0.4) is 0 Å². The number of nitrogens with zero attached hydrogens (tertiary/aromatic N) is 4. The highest BCUT2D eigenvalue weighted by Crippen LogP contribution is 2.48. The molecular weight excluding hydrogens is 386 g/mol. The lowest BCUT2D eigenvalue weighted by atomic mass is 10.1. The second-order valence-corrected chi connectivity index (χ2v) is 8.51. The van der Waals surface area contributed by atoms with Gasteiger partial charge in [-0.1, -0.05) is 13.8 Å². The molecule has 2 aromatic rings. The van der Waals surface area contributed by atoms with Crippen LogP contribution in [-0.4, -0.2) is 56.3 Å². The number of ketones is 1. The summed E-state index contributed by atoms with van der Waals surface area (Å²) in [5.41, 5.74) is 0.792. The highest BCUT2D eigenvalue weighted by Gasteiger charge is 2.55. The van der Waals surface area contributed by atoms with E-state index in [4.69, 9.17) is 4.74 Å². The molecule has 0 aromatic carbocycles. The van der Waals surface area contributed by atoms with Crippen LogP contribution in [0.5, 0.6) is 0 Å². The molecule has 0 bridgehead atoms. The maximum absolute atomic E-state index is 13.1. The van der Waals surface area contributed by atoms with Crippen LogP contribution in [0.4, 0.5) is 4.79 Å². The highest BCUT2D eigenvalue weighted by molar-refractivity contribution is 6.04. The Morgan fingerprint density at radius 1 is 1.30 bits per heavy atom. The van der Waals surface area contributed by atoms with Gasteiger partial charge in [-0.25, -0.2) is 14.5 Å². The number of pyridine rings is 1. The minimum atomic E-state index is -0.567. The van der Waals surface area contributed by atoms with Crippen molar-refractivity contribution in [2.75, 3.05) is 6.54 Å². The van der Waals surface area contributed by atoms with E-state index in [1.807, 2.05) is 0 Å². The molecule has 2 aromatic heterocycles. The second kappa shape index (κ2) is 8.04. The fourth-order valence-corrected chi connectivity index (χ4v) is 4.08. The third-order valence-corrected chi connectivity index (χ3v) is 5.70. The molecule has 1 N–H and O–H groups in total. The molecule has 160 valence electrons. The molecular formula is C21H27N5O4. The zero-order valence-electron chi connectivity index (χ0n) is 17.5. The van der Waals surface area contributed by atoms with Crippen LogP contribution in [0, 0.1) is 11.8 Å². The molecule has 9 heteroatoms. The predicted octanol–water partition coefficient (Wildman–Crippen LogP) is 2.35. The molecule has 0 radical (unpaired) electrons. The van der Waals surface area contributed by atoms with Crippen molar-refractivity contribution in [1.82, 2.24) is 25.0 Å². The predicted molar refractivity (Wildman–Crippen MR) is 109 cm³/mol. The largest absolute Gasteiger partial charge is 0.425 e. The number of piperidine rings is 1. The first-order valence-corrected chi connectivity index (χ1v) is 10.4. The van der Waals surface area contributed by atoms with E-state index < -0.39 is 12.3 Å². The van der Waals surface area contributed by atoms with Crippen molar-refractivity contribution in [2.24, 2.45) is 11.8 Å². The van der Waals surface area contributed by atoms with Crippen LogP contribution < -0.4 is 5.32 Å². The molecule has 0 spiro atoms. The van der Waals surface area contributed by atoms with Crippen LogP contribution in [-0.2, 0) is 16.1 Å². The maximum atomic E-state index is 13.1. The molecule has 1 aliphatic carbocycles. The molecule has 4 rings (SSSR count). The molecule has 1 saturated heterocycles. The zero-order valence-corrected chi connectivity index (χ0v) is 17.5. The van der Waals surface area contributed by atoms with Gasteiger partial charge >= 0.3 is 6.09 Å². The van der Waals surface area contributed by atoms with Crippen molar-refractivity contribution < 1.29 is 19.1 Å². The van der Waals surface area contributed by atoms with Gasteiger partial charge in [0.05, 0.1) is 5.39 Å². The lowest BCUT2D eigenvalue weighted by Gasteiger charge is -2.27. The Morgan fingerprint density at radius 3 is 2.83 bits per heavy atom. The Labute approximate surface area is 174 Å². The number of carbonyl (C=O) groups excluding carboxylic acids is 3. The van der Waals surface area contributed by atoms with E-state index in [-0.39, 0.29) is 24.3 Å². The number of aromatic nitrogens is 3. The van der Waals surface area contributed by atoms with Gasteiger partial charge in [-0.3, -0.25) is 9.59 Å². The van der Waals surface area contributed by atoms with E-state index in [1.54, 1.807) is 23.2 Å². The van der Waals surface area contributed by atoms with E-state index in [0.717, 1.165) is 12.8 Å². The summed E-state index contributed by atoms with van der Waals surface area (Å²) in [4.78, 5) is 43.1. The van der Waals surface area contributed by atoms with Crippen LogP contribution in [0.1, 0.15) is 50.5 Å². The Kier molecular flexibility index (Phi) is 5.44. The minimum Gasteiger partial charge on any atom is -0.425 e. The Morgan fingerprint density at radius 2 is 2.10 bits per heavy atom. The number of Topliss-reactive ketones (excluding diaryl/α,β-unsaturated/α-hetero) is 1. The standard InChI is InChI=1S/C21H27N5O4/c1-12(2)6-8-23-21(29)30-18-10-14-9-16(14)26(18)17(28)11-25-20-15(5-4-7-22-20)19(24-25)13(3)27/h4-5,7,12,14,16,18H,6,8-11H2,1-3H3,(H,23,29)/t14-,16-,18+/m1/s1. The number of nitrogens with one attached hydrogen (secondary N) is 1. The Hall–Kier alpha value is -2.97. The SMILES string of the molecule is CC(=O)c1nn(CC(=O)N2[C@@H](OC(=O)NCCC(C)C)C[C@H]3C[C@H]32)c2ncccc12. The quantitative estimate of drug-likeness (QED) is 0.699. The van der Waals surface area contributed by atoms with Crippen LogP contribution in [0.25, 0.3) is 11.0 Å². The first-order chi connectivity index (χ1) is 14.3. The molecule has 1 aliphatic heterocycles.